The summed E-state index contributed by atoms with van der Waals surface area (Å²) in [5, 5.41) is 2.91. The summed E-state index contributed by atoms with van der Waals surface area (Å²) in [7, 11) is -3.59. The molecule has 0 atom stereocenters. The lowest BCUT2D eigenvalue weighted by Gasteiger charge is -2.30. The van der Waals surface area contributed by atoms with Gasteiger partial charge < -0.3 is 10.2 Å². The highest BCUT2D eigenvalue weighted by atomic mass is 32.2. The SMILES string of the molecule is Cc1ccc(NC(=O)C2CCN(C(=O)C=Cc3ccccc3)CC2)cc1S(=O)(=O)N1CCCCC1. The van der Waals surface area contributed by atoms with Crippen molar-refractivity contribution < 1.29 is 18.0 Å². The third-order valence-corrected chi connectivity index (χ3v) is 8.82. The van der Waals surface area contributed by atoms with E-state index in [1.54, 1.807) is 46.5 Å². The van der Waals surface area contributed by atoms with Gasteiger partial charge in [0.15, 0.2) is 0 Å². The smallest absolute Gasteiger partial charge is 0.246 e. The third-order valence-electron chi connectivity index (χ3n) is 6.78. The first-order chi connectivity index (χ1) is 16.8. The van der Waals surface area contributed by atoms with E-state index in [1.165, 1.54) is 0 Å². The fourth-order valence-electron chi connectivity index (χ4n) is 4.64. The second-order valence-corrected chi connectivity index (χ2v) is 11.2. The number of benzene rings is 2. The number of aryl methyl sites for hydroxylation is 1. The molecule has 2 aliphatic rings. The maximum Gasteiger partial charge on any atom is 0.246 e. The minimum Gasteiger partial charge on any atom is -0.339 e. The Hall–Kier alpha value is -2.97. The summed E-state index contributed by atoms with van der Waals surface area (Å²) >= 11 is 0. The molecule has 7 nitrogen and oxygen atoms in total. The summed E-state index contributed by atoms with van der Waals surface area (Å²) in [6.45, 7) is 3.88. The lowest BCUT2D eigenvalue weighted by Crippen LogP contribution is -2.40. The second-order valence-electron chi connectivity index (χ2n) is 9.28. The van der Waals surface area contributed by atoms with E-state index in [-0.39, 0.29) is 22.6 Å². The van der Waals surface area contributed by atoms with E-state index < -0.39 is 10.0 Å². The van der Waals surface area contributed by atoms with Gasteiger partial charge in [0.2, 0.25) is 21.8 Å². The molecule has 2 fully saturated rings. The average molecular weight is 496 g/mol. The summed E-state index contributed by atoms with van der Waals surface area (Å²) in [4.78, 5) is 27.4. The van der Waals surface area contributed by atoms with Crippen LogP contribution in [0.4, 0.5) is 5.69 Å². The minimum absolute atomic E-state index is 0.0567. The van der Waals surface area contributed by atoms with Crippen molar-refractivity contribution in [3.05, 3.63) is 65.7 Å². The zero-order valence-electron chi connectivity index (χ0n) is 20.2. The summed E-state index contributed by atoms with van der Waals surface area (Å²) in [5.41, 5.74) is 2.12. The van der Waals surface area contributed by atoms with Gasteiger partial charge in [-0.3, -0.25) is 9.59 Å². The maximum absolute atomic E-state index is 13.2. The molecule has 186 valence electrons. The quantitative estimate of drug-likeness (QED) is 0.613. The lowest BCUT2D eigenvalue weighted by atomic mass is 9.95. The van der Waals surface area contributed by atoms with Gasteiger partial charge in [-0.1, -0.05) is 42.8 Å². The number of amides is 2. The molecule has 2 aliphatic heterocycles. The number of carbonyl (C=O) groups is 2. The maximum atomic E-state index is 13.2. The van der Waals surface area contributed by atoms with Crippen molar-refractivity contribution in [2.75, 3.05) is 31.5 Å². The summed E-state index contributed by atoms with van der Waals surface area (Å²) < 4.78 is 27.9. The Morgan fingerprint density at radius 3 is 2.31 bits per heavy atom. The first kappa shape index (κ1) is 25.1. The fraction of sp³-hybridized carbons (Fsp3) is 0.407. The second kappa shape index (κ2) is 11.2. The highest BCUT2D eigenvalue weighted by Crippen LogP contribution is 2.27. The van der Waals surface area contributed by atoms with Crippen LogP contribution in [0.2, 0.25) is 0 Å². The van der Waals surface area contributed by atoms with Crippen molar-refractivity contribution in [2.24, 2.45) is 5.92 Å². The van der Waals surface area contributed by atoms with Gasteiger partial charge in [-0.2, -0.15) is 4.31 Å². The summed E-state index contributed by atoms with van der Waals surface area (Å²) in [6, 6.07) is 14.7. The van der Waals surface area contributed by atoms with Gasteiger partial charge in [0.25, 0.3) is 0 Å². The molecule has 0 saturated carbocycles. The molecule has 8 heteroatoms. The van der Waals surface area contributed by atoms with Gasteiger partial charge in [0, 0.05) is 43.9 Å². The van der Waals surface area contributed by atoms with Crippen molar-refractivity contribution in [1.29, 1.82) is 0 Å². The van der Waals surface area contributed by atoms with Crippen LogP contribution in [0.5, 0.6) is 0 Å². The van der Waals surface area contributed by atoms with Gasteiger partial charge in [-0.05, 0) is 61.9 Å². The first-order valence-electron chi connectivity index (χ1n) is 12.3. The number of piperidine rings is 2. The number of hydrogen-bond donors (Lipinski definition) is 1. The number of nitrogens with one attached hydrogen (secondary N) is 1. The van der Waals surface area contributed by atoms with E-state index in [0.29, 0.717) is 50.3 Å². The zero-order chi connectivity index (χ0) is 24.8. The molecule has 4 rings (SSSR count). The van der Waals surface area contributed by atoms with Crippen molar-refractivity contribution >= 4 is 33.6 Å². The Balaban J connectivity index is 1.34. The van der Waals surface area contributed by atoms with Crippen LogP contribution in [0.25, 0.3) is 6.08 Å². The normalized spacial score (nSPS) is 18.0. The molecule has 0 spiro atoms. The molecule has 2 aromatic carbocycles. The molecule has 0 radical (unpaired) electrons. The third kappa shape index (κ3) is 6.18. The number of likely N-dealkylation sites (tertiary alicyclic amines) is 1. The van der Waals surface area contributed by atoms with Crippen LogP contribution in [-0.2, 0) is 19.6 Å². The molecule has 2 saturated heterocycles. The monoisotopic (exact) mass is 495 g/mol. The number of hydrogen-bond acceptors (Lipinski definition) is 4. The summed E-state index contributed by atoms with van der Waals surface area (Å²) in [6.07, 6.45) is 7.31. The predicted molar refractivity (Wildman–Crippen MR) is 137 cm³/mol. The van der Waals surface area contributed by atoms with Crippen LogP contribution < -0.4 is 5.32 Å². The average Bonchev–Trinajstić information content (AvgIpc) is 2.89. The number of sulfonamides is 1. The Kier molecular flexibility index (Phi) is 8.03. The van der Waals surface area contributed by atoms with Gasteiger partial charge in [0.05, 0.1) is 4.90 Å². The Morgan fingerprint density at radius 2 is 1.63 bits per heavy atom. The molecule has 0 aliphatic carbocycles. The molecular formula is C27H33N3O4S. The van der Waals surface area contributed by atoms with Crippen LogP contribution in [0.1, 0.15) is 43.2 Å². The largest absolute Gasteiger partial charge is 0.339 e. The predicted octanol–water partition coefficient (Wildman–Crippen LogP) is 4.06. The minimum atomic E-state index is -3.59. The van der Waals surface area contributed by atoms with Crippen LogP contribution in [0, 0.1) is 12.8 Å². The molecular weight excluding hydrogens is 462 g/mol. The highest BCUT2D eigenvalue weighted by Gasteiger charge is 2.29. The molecule has 0 bridgehead atoms. The van der Waals surface area contributed by atoms with Crippen LogP contribution in [0.3, 0.4) is 0 Å². The topological polar surface area (TPSA) is 86.8 Å². The van der Waals surface area contributed by atoms with Gasteiger partial charge >= 0.3 is 0 Å². The number of carbonyl (C=O) groups excluding carboxylic acids is 2. The molecule has 35 heavy (non-hydrogen) atoms. The molecule has 0 unspecified atom stereocenters. The highest BCUT2D eigenvalue weighted by molar-refractivity contribution is 7.89. The Labute approximate surface area is 207 Å². The first-order valence-corrected chi connectivity index (χ1v) is 13.7. The molecule has 2 amide bonds. The van der Waals surface area contributed by atoms with E-state index in [9.17, 15) is 18.0 Å². The zero-order valence-corrected chi connectivity index (χ0v) is 21.0. The number of anilines is 1. The van der Waals surface area contributed by atoms with Gasteiger partial charge in [-0.25, -0.2) is 8.42 Å². The fourth-order valence-corrected chi connectivity index (χ4v) is 6.41. The van der Waals surface area contributed by atoms with E-state index >= 15 is 0 Å². The molecule has 2 heterocycles. The summed E-state index contributed by atoms with van der Waals surface area (Å²) in [5.74, 6) is -0.415. The van der Waals surface area contributed by atoms with Crippen LogP contribution in [-0.4, -0.2) is 55.6 Å². The molecule has 2 aromatic rings. The van der Waals surface area contributed by atoms with Crippen molar-refractivity contribution in [1.82, 2.24) is 9.21 Å². The number of nitrogens with zero attached hydrogens (tertiary/aromatic N) is 2. The number of rotatable bonds is 6. The van der Waals surface area contributed by atoms with E-state index in [1.807, 2.05) is 30.3 Å². The van der Waals surface area contributed by atoms with E-state index in [2.05, 4.69) is 5.32 Å². The Morgan fingerprint density at radius 1 is 0.943 bits per heavy atom. The van der Waals surface area contributed by atoms with Crippen molar-refractivity contribution in [3.63, 3.8) is 0 Å². The molecule has 1 N–H and O–H groups in total. The molecule has 0 aromatic heterocycles. The van der Waals surface area contributed by atoms with Crippen molar-refractivity contribution in [3.8, 4) is 0 Å². The standard InChI is InChI=1S/C27H33N3O4S/c1-21-10-12-24(20-25(21)35(33,34)30-16-6-3-7-17-30)28-27(32)23-14-18-29(19-15-23)26(31)13-11-22-8-4-2-5-9-22/h2,4-5,8-13,20,23H,3,6-7,14-19H2,1H3,(H,28,32). The van der Waals surface area contributed by atoms with Crippen LogP contribution in [0.15, 0.2) is 59.5 Å². The van der Waals surface area contributed by atoms with Crippen molar-refractivity contribution in [2.45, 2.75) is 43.9 Å². The lowest BCUT2D eigenvalue weighted by molar-refractivity contribution is -0.130. The van der Waals surface area contributed by atoms with E-state index in [4.69, 9.17) is 0 Å². The van der Waals surface area contributed by atoms with Gasteiger partial charge in [0.1, 0.15) is 0 Å². The van der Waals surface area contributed by atoms with Gasteiger partial charge in [-0.15, -0.1) is 0 Å². The Bertz CT molecular complexity index is 1180. The van der Waals surface area contributed by atoms with Crippen LogP contribution >= 0.6 is 0 Å². The van der Waals surface area contributed by atoms with E-state index in [0.717, 1.165) is 24.8 Å².